The molecule has 0 saturated heterocycles. The van der Waals surface area contributed by atoms with Crippen molar-refractivity contribution in [2.24, 2.45) is 0 Å². The number of carbonyl (C=O) groups excluding carboxylic acids is 2. The van der Waals surface area contributed by atoms with Crippen LogP contribution in [0.1, 0.15) is 49.4 Å². The molecule has 2 aromatic carbocycles. The van der Waals surface area contributed by atoms with Crippen LogP contribution in [-0.4, -0.2) is 28.8 Å². The molecule has 0 fully saturated rings. The van der Waals surface area contributed by atoms with Gasteiger partial charge >= 0.3 is 0 Å². The molecule has 0 unspecified atom stereocenters. The fraction of sp³-hybridized carbons (Fsp3) is 0.417. The Hall–Kier alpha value is -2.69. The molecule has 1 atom stereocenters. The van der Waals surface area contributed by atoms with E-state index < -0.39 is 6.04 Å². The van der Waals surface area contributed by atoms with E-state index in [0.29, 0.717) is 6.42 Å². The third-order valence-electron chi connectivity index (χ3n) is 4.72. The zero-order valence-electron chi connectivity index (χ0n) is 18.0. The van der Waals surface area contributed by atoms with Crippen LogP contribution < -0.4 is 5.32 Å². The minimum absolute atomic E-state index is 0.0151. The Morgan fingerprint density at radius 1 is 1.00 bits per heavy atom. The van der Waals surface area contributed by atoms with Crippen molar-refractivity contribution in [1.82, 2.24) is 10.2 Å². The van der Waals surface area contributed by atoms with Gasteiger partial charge in [0.2, 0.25) is 11.8 Å². The van der Waals surface area contributed by atoms with Crippen molar-refractivity contribution in [3.05, 3.63) is 70.5 Å². The smallest absolute Gasteiger partial charge is 0.243 e. The molecule has 0 bridgehead atoms. The minimum atomic E-state index is -0.583. The topological polar surface area (TPSA) is 49.4 Å². The van der Waals surface area contributed by atoms with Gasteiger partial charge in [0.1, 0.15) is 11.9 Å². The lowest BCUT2D eigenvalue weighted by Crippen LogP contribution is -2.50. The number of carbonyl (C=O) groups is 2. The van der Waals surface area contributed by atoms with Gasteiger partial charge in [0.05, 0.1) is 6.42 Å². The van der Waals surface area contributed by atoms with Crippen molar-refractivity contribution >= 4 is 11.8 Å². The number of hydrogen-bond donors (Lipinski definition) is 1. The number of halogens is 1. The van der Waals surface area contributed by atoms with E-state index in [1.54, 1.807) is 17.0 Å². The highest BCUT2D eigenvalue weighted by Gasteiger charge is 2.29. The molecule has 0 aliphatic carbocycles. The lowest BCUT2D eigenvalue weighted by atomic mass is 10.0. The maximum Gasteiger partial charge on any atom is 0.243 e. The molecule has 5 heteroatoms. The van der Waals surface area contributed by atoms with Crippen LogP contribution in [0.25, 0.3) is 0 Å². The summed E-state index contributed by atoms with van der Waals surface area (Å²) in [6, 6.07) is 11.5. The molecule has 0 saturated carbocycles. The van der Waals surface area contributed by atoms with Gasteiger partial charge in [0.25, 0.3) is 0 Å². The number of aryl methyl sites for hydroxylation is 2. The van der Waals surface area contributed by atoms with Crippen LogP contribution in [0.4, 0.5) is 4.39 Å². The van der Waals surface area contributed by atoms with Gasteiger partial charge in [-0.1, -0.05) is 48.4 Å². The van der Waals surface area contributed by atoms with E-state index in [2.05, 4.69) is 11.4 Å². The molecule has 2 aromatic rings. The maximum absolute atomic E-state index is 13.3. The Morgan fingerprint density at radius 3 is 2.10 bits per heavy atom. The van der Waals surface area contributed by atoms with E-state index in [4.69, 9.17) is 0 Å². The highest BCUT2D eigenvalue weighted by atomic mass is 19.1. The molecule has 0 aliphatic heterocycles. The zero-order valence-corrected chi connectivity index (χ0v) is 18.0. The number of benzene rings is 2. The van der Waals surface area contributed by atoms with E-state index >= 15 is 0 Å². The Balaban J connectivity index is 2.31. The molecule has 2 rings (SSSR count). The quantitative estimate of drug-likeness (QED) is 0.720. The number of nitrogens with one attached hydrogen (secondary N) is 1. The predicted octanol–water partition coefficient (Wildman–Crippen LogP) is 4.32. The summed E-state index contributed by atoms with van der Waals surface area (Å²) in [6.45, 7) is 9.95. The molecule has 0 heterocycles. The fourth-order valence-electron chi connectivity index (χ4n) is 3.53. The van der Waals surface area contributed by atoms with Crippen LogP contribution >= 0.6 is 0 Å². The van der Waals surface area contributed by atoms with E-state index in [-0.39, 0.29) is 36.6 Å². The molecule has 0 aromatic heterocycles. The van der Waals surface area contributed by atoms with Crippen molar-refractivity contribution in [2.75, 3.05) is 0 Å². The van der Waals surface area contributed by atoms with Crippen LogP contribution in [0, 0.1) is 19.7 Å². The molecule has 29 heavy (non-hydrogen) atoms. The summed E-state index contributed by atoms with van der Waals surface area (Å²) < 4.78 is 13.3. The first-order valence-electron chi connectivity index (χ1n) is 10.1. The molecule has 0 spiro atoms. The first-order valence-corrected chi connectivity index (χ1v) is 10.1. The summed E-state index contributed by atoms with van der Waals surface area (Å²) in [6.07, 6.45) is 0.716. The second-order valence-electron chi connectivity index (χ2n) is 7.91. The summed E-state index contributed by atoms with van der Waals surface area (Å²) in [5.74, 6) is -0.616. The molecule has 1 N–H and O–H groups in total. The highest BCUT2D eigenvalue weighted by Crippen LogP contribution is 2.17. The molecular formula is C24H31FN2O2. The predicted molar refractivity (Wildman–Crippen MR) is 114 cm³/mol. The van der Waals surface area contributed by atoms with Crippen molar-refractivity contribution in [1.29, 1.82) is 0 Å². The monoisotopic (exact) mass is 398 g/mol. The van der Waals surface area contributed by atoms with Gasteiger partial charge in [-0.15, -0.1) is 0 Å². The number of amides is 2. The standard InChI is InChI=1S/C24H31FN2O2/c1-6-22(24(29)26-16(2)3)27(15-19-7-9-21(25)10-8-19)23(28)14-20-12-17(4)11-18(5)13-20/h7-13,16,22H,6,14-15H2,1-5H3,(H,26,29)/t22-/m1/s1. The SMILES string of the molecule is CC[C@H](C(=O)NC(C)C)N(Cc1ccc(F)cc1)C(=O)Cc1cc(C)cc(C)c1. The van der Waals surface area contributed by atoms with Gasteiger partial charge in [-0.05, 0) is 57.4 Å². The average molecular weight is 399 g/mol. The second-order valence-corrected chi connectivity index (χ2v) is 7.91. The lowest BCUT2D eigenvalue weighted by molar-refractivity contribution is -0.141. The van der Waals surface area contributed by atoms with Crippen LogP contribution in [0.15, 0.2) is 42.5 Å². The summed E-state index contributed by atoms with van der Waals surface area (Å²) in [5, 5.41) is 2.91. The summed E-state index contributed by atoms with van der Waals surface area (Å²) >= 11 is 0. The van der Waals surface area contributed by atoms with Gasteiger partial charge in [-0.2, -0.15) is 0 Å². The van der Waals surface area contributed by atoms with Crippen LogP contribution in [0.2, 0.25) is 0 Å². The number of nitrogens with zero attached hydrogens (tertiary/aromatic N) is 1. The summed E-state index contributed by atoms with van der Waals surface area (Å²) in [4.78, 5) is 27.7. The van der Waals surface area contributed by atoms with Crippen molar-refractivity contribution in [3.8, 4) is 0 Å². The Kier molecular flexibility index (Phi) is 7.94. The lowest BCUT2D eigenvalue weighted by Gasteiger charge is -2.31. The number of hydrogen-bond acceptors (Lipinski definition) is 2. The van der Waals surface area contributed by atoms with Gasteiger partial charge in [0.15, 0.2) is 0 Å². The first-order chi connectivity index (χ1) is 13.7. The van der Waals surface area contributed by atoms with E-state index in [1.807, 2.05) is 46.8 Å². The van der Waals surface area contributed by atoms with Crippen LogP contribution in [-0.2, 0) is 22.6 Å². The van der Waals surface area contributed by atoms with Crippen molar-refractivity contribution in [3.63, 3.8) is 0 Å². The number of rotatable bonds is 8. The maximum atomic E-state index is 13.3. The fourth-order valence-corrected chi connectivity index (χ4v) is 3.53. The Labute approximate surface area is 173 Å². The van der Waals surface area contributed by atoms with Crippen LogP contribution in [0.3, 0.4) is 0 Å². The van der Waals surface area contributed by atoms with Gasteiger partial charge < -0.3 is 10.2 Å². The van der Waals surface area contributed by atoms with Gasteiger partial charge in [-0.25, -0.2) is 4.39 Å². The molecule has 156 valence electrons. The Bertz CT molecular complexity index is 826. The molecule has 0 aliphatic rings. The van der Waals surface area contributed by atoms with E-state index in [1.165, 1.54) is 12.1 Å². The largest absolute Gasteiger partial charge is 0.352 e. The van der Waals surface area contributed by atoms with Crippen LogP contribution in [0.5, 0.6) is 0 Å². The minimum Gasteiger partial charge on any atom is -0.352 e. The first kappa shape index (κ1) is 22.6. The second kappa shape index (κ2) is 10.2. The van der Waals surface area contributed by atoms with Crippen molar-refractivity contribution in [2.45, 2.75) is 66.1 Å². The third-order valence-corrected chi connectivity index (χ3v) is 4.72. The third kappa shape index (κ3) is 6.70. The zero-order chi connectivity index (χ0) is 21.6. The van der Waals surface area contributed by atoms with E-state index in [9.17, 15) is 14.0 Å². The molecule has 0 radical (unpaired) electrons. The van der Waals surface area contributed by atoms with Crippen molar-refractivity contribution < 1.29 is 14.0 Å². The molecule has 2 amide bonds. The van der Waals surface area contributed by atoms with E-state index in [0.717, 1.165) is 22.3 Å². The Morgan fingerprint density at radius 2 is 1.59 bits per heavy atom. The van der Waals surface area contributed by atoms with Gasteiger partial charge in [0, 0.05) is 12.6 Å². The summed E-state index contributed by atoms with van der Waals surface area (Å²) in [5.41, 5.74) is 3.91. The van der Waals surface area contributed by atoms with Gasteiger partial charge in [-0.3, -0.25) is 9.59 Å². The normalized spacial score (nSPS) is 12.0. The molecule has 4 nitrogen and oxygen atoms in total. The summed E-state index contributed by atoms with van der Waals surface area (Å²) in [7, 11) is 0. The molecular weight excluding hydrogens is 367 g/mol. The highest BCUT2D eigenvalue weighted by molar-refractivity contribution is 5.88. The average Bonchev–Trinajstić information content (AvgIpc) is 2.61.